The number of anilines is 2. The van der Waals surface area contributed by atoms with Gasteiger partial charge in [-0.3, -0.25) is 29.6 Å². The third kappa shape index (κ3) is 14.5. The van der Waals surface area contributed by atoms with E-state index in [1.807, 2.05) is 20.6 Å². The van der Waals surface area contributed by atoms with Gasteiger partial charge >= 0.3 is 35.9 Å². The highest BCUT2D eigenvalue weighted by molar-refractivity contribution is 7.12. The number of amides is 4. The summed E-state index contributed by atoms with van der Waals surface area (Å²) in [4.78, 5) is 114. The Morgan fingerprint density at radius 2 is 1.05 bits per heavy atom. The minimum absolute atomic E-state index is 0.0840. The maximum Gasteiger partial charge on any atom is 0.354 e. The Morgan fingerprint density at radius 3 is 1.49 bits per heavy atom. The number of nitrogens with one attached hydrogen (secondary N) is 2. The summed E-state index contributed by atoms with van der Waals surface area (Å²) < 4.78 is 50.0. The highest BCUT2D eigenvalue weighted by atomic mass is 35.5. The van der Waals surface area contributed by atoms with Crippen LogP contribution in [0.2, 0.25) is 10.0 Å². The van der Waals surface area contributed by atoms with Crippen LogP contribution in [-0.4, -0.2) is 189 Å². The molecular formula is C68H58Cl2F2N14O12S2. The fraction of sp³-hybridized carbons (Fsp3) is 0.235. The summed E-state index contributed by atoms with van der Waals surface area (Å²) in [5, 5.41) is 29.9. The number of urea groups is 2. The third-order valence-electron chi connectivity index (χ3n) is 17.2. The molecule has 4 N–H and O–H groups in total. The number of aromatic nitrogens is 4. The van der Waals surface area contributed by atoms with Gasteiger partial charge < -0.3 is 49.6 Å². The van der Waals surface area contributed by atoms with Gasteiger partial charge in [0.15, 0.2) is 21.7 Å². The third-order valence-corrected chi connectivity index (χ3v) is 19.4. The molecule has 0 saturated carbocycles. The predicted octanol–water partition coefficient (Wildman–Crippen LogP) is 9.93. The lowest BCUT2D eigenvalue weighted by molar-refractivity contribution is -0.137. The molecule has 0 unspecified atom stereocenters. The monoisotopic (exact) mass is 1430 g/mol. The summed E-state index contributed by atoms with van der Waals surface area (Å²) in [5.41, 5.74) is 3.88. The molecule has 4 atom stereocenters. The molecule has 4 aromatic heterocycles. The minimum atomic E-state index is -1.12. The number of thiazole rings is 2. The molecule has 4 saturated heterocycles. The van der Waals surface area contributed by atoms with Crippen LogP contribution in [0.25, 0.3) is 0 Å². The van der Waals surface area contributed by atoms with Crippen molar-refractivity contribution in [2.24, 2.45) is 9.98 Å². The van der Waals surface area contributed by atoms with Crippen molar-refractivity contribution in [3.8, 4) is 23.1 Å². The quantitative estimate of drug-likeness (QED) is 0.0581. The molecule has 0 spiro atoms. The molecule has 4 aromatic carbocycles. The molecule has 0 aliphatic carbocycles. The molecule has 32 heteroatoms. The van der Waals surface area contributed by atoms with Gasteiger partial charge in [0, 0.05) is 133 Å². The number of hydrogen-bond acceptors (Lipinski definition) is 22. The number of carboxylic acid groups (broad SMARTS) is 2. The number of hydrogen-bond donors (Lipinski definition) is 4. The van der Waals surface area contributed by atoms with Crippen LogP contribution in [0.15, 0.2) is 177 Å². The van der Waals surface area contributed by atoms with E-state index in [2.05, 4.69) is 40.4 Å². The lowest BCUT2D eigenvalue weighted by atomic mass is 9.95. The Bertz CT molecular complexity index is 4310. The fourth-order valence-corrected chi connectivity index (χ4v) is 14.1. The summed E-state index contributed by atoms with van der Waals surface area (Å²) in [5.74, 6) is -1.85. The van der Waals surface area contributed by atoms with Crippen LogP contribution in [-0.2, 0) is 19.1 Å². The zero-order valence-electron chi connectivity index (χ0n) is 52.9. The zero-order valence-corrected chi connectivity index (χ0v) is 56.1. The van der Waals surface area contributed by atoms with Gasteiger partial charge in [-0.15, -0.1) is 22.7 Å². The van der Waals surface area contributed by atoms with Crippen molar-refractivity contribution in [1.29, 1.82) is 0 Å². The van der Waals surface area contributed by atoms with E-state index in [0.717, 1.165) is 0 Å². The number of carbonyl (C=O) groups is 6. The van der Waals surface area contributed by atoms with Crippen LogP contribution in [0.5, 0.6) is 23.1 Å². The van der Waals surface area contributed by atoms with Crippen LogP contribution in [0, 0.1) is 11.6 Å². The van der Waals surface area contributed by atoms with Crippen molar-refractivity contribution >= 4 is 105 Å². The van der Waals surface area contributed by atoms with E-state index >= 15 is 0 Å². The lowest BCUT2D eigenvalue weighted by Gasteiger charge is -2.38. The highest BCUT2D eigenvalue weighted by Crippen LogP contribution is 2.40. The average molecular weight is 1440 g/mol. The van der Waals surface area contributed by atoms with Gasteiger partial charge in [-0.25, -0.2) is 57.5 Å². The van der Waals surface area contributed by atoms with Gasteiger partial charge in [0.2, 0.25) is 5.88 Å². The predicted molar refractivity (Wildman–Crippen MR) is 365 cm³/mol. The summed E-state index contributed by atoms with van der Waals surface area (Å²) in [6.07, 6.45) is 6.21. The smallest absolute Gasteiger partial charge is 0.354 e. The molecule has 4 fully saturated rings. The van der Waals surface area contributed by atoms with Crippen molar-refractivity contribution in [2.75, 3.05) is 89.5 Å². The number of methoxy groups -OCH3 is 2. The number of ether oxygens (including phenoxy) is 4. The second-order valence-corrected chi connectivity index (χ2v) is 25.9. The van der Waals surface area contributed by atoms with E-state index in [0.29, 0.717) is 144 Å². The number of carboxylic acids is 2. The van der Waals surface area contributed by atoms with E-state index < -0.39 is 47.6 Å². The molecule has 100 heavy (non-hydrogen) atoms. The number of carbonyl (C=O) groups excluding carboxylic acids is 4. The summed E-state index contributed by atoms with van der Waals surface area (Å²) in [6, 6.07) is 25.0. The number of benzene rings is 4. The Morgan fingerprint density at radius 1 is 0.560 bits per heavy atom. The Balaban J connectivity index is 0.000000179. The van der Waals surface area contributed by atoms with Crippen LogP contribution in [0.3, 0.4) is 0 Å². The number of halogens is 4. The standard InChI is InChI=1S/2C34H29ClFN7O6S/c1-48-33(46)28-26(39-30(31-37-10-13-50-31)40-29(28)24-8-4-20(36)14-25(24)35)18-41-11-12-42-22(16-41)17-43(34(42)47)21-5-9-27(38-15-21)49-23-6-2-19(3-7-23)32(44)45;1-48-33(46)28-27(39-30(31-37-10-13-50-31)40-29(28)24-8-2-19(36)14-25(24)35)18-41-11-12-42-21(16-41)17-43(34(42)47)20-3-5-22(6-4-20)49-23-7-9-26(32(44)45)38-15-23/h2-10,13-15,22,29H,11-12,16-18H2,1H3,(H,39,40)(H,44,45);2-10,13-15,21,29H,11-12,16-18H2,1H3,(H,39,40)(H,44,45)/t22-,29-;21-,29-/m00/s1. The molecule has 6 aliphatic heterocycles. The Kier molecular flexibility index (Phi) is 19.9. The van der Waals surface area contributed by atoms with E-state index in [-0.39, 0.29) is 56.6 Å². The molecule has 512 valence electrons. The Hall–Kier alpha value is -10.8. The number of aromatic carboxylic acids is 2. The van der Waals surface area contributed by atoms with Crippen molar-refractivity contribution in [2.45, 2.75) is 24.2 Å². The maximum absolute atomic E-state index is 14.0. The number of piperazine rings is 2. The first-order chi connectivity index (χ1) is 48.4. The number of pyridine rings is 2. The highest BCUT2D eigenvalue weighted by Gasteiger charge is 2.45. The first-order valence-electron chi connectivity index (χ1n) is 30.9. The largest absolute Gasteiger partial charge is 0.478 e. The van der Waals surface area contributed by atoms with Crippen LogP contribution < -0.4 is 29.9 Å². The van der Waals surface area contributed by atoms with E-state index in [9.17, 15) is 37.5 Å². The number of aliphatic imine (C=N–C) groups is 2. The first kappa shape index (κ1) is 67.8. The van der Waals surface area contributed by atoms with Crippen molar-refractivity contribution in [3.63, 3.8) is 0 Å². The number of amidine groups is 2. The second-order valence-electron chi connectivity index (χ2n) is 23.3. The van der Waals surface area contributed by atoms with E-state index in [1.54, 1.807) is 76.9 Å². The Labute approximate surface area is 586 Å². The van der Waals surface area contributed by atoms with Crippen LogP contribution in [0.4, 0.5) is 29.7 Å². The molecule has 8 aromatic rings. The average Bonchev–Trinajstić information content (AvgIpc) is 1.50. The fourth-order valence-electron chi connectivity index (χ4n) is 12.4. The molecule has 26 nitrogen and oxygen atoms in total. The van der Waals surface area contributed by atoms with Crippen LogP contribution in [0.1, 0.15) is 54.1 Å². The van der Waals surface area contributed by atoms with Gasteiger partial charge in [0.25, 0.3) is 0 Å². The van der Waals surface area contributed by atoms with Crippen molar-refractivity contribution in [1.82, 2.24) is 50.2 Å². The van der Waals surface area contributed by atoms with Gasteiger partial charge in [-0.1, -0.05) is 35.3 Å². The van der Waals surface area contributed by atoms with Gasteiger partial charge in [0.05, 0.1) is 61.1 Å². The molecule has 0 radical (unpaired) electrons. The molecule has 6 aliphatic rings. The van der Waals surface area contributed by atoms with E-state index in [1.165, 1.54) is 104 Å². The zero-order chi connectivity index (χ0) is 69.9. The normalized spacial score (nSPS) is 19.2. The molecule has 10 heterocycles. The first-order valence-corrected chi connectivity index (χ1v) is 33.5. The van der Waals surface area contributed by atoms with Gasteiger partial charge in [-0.2, -0.15) is 0 Å². The molecular weight excluding hydrogens is 1380 g/mol. The molecule has 14 rings (SSSR count). The number of esters is 2. The van der Waals surface area contributed by atoms with Crippen molar-refractivity contribution < 1.29 is 66.7 Å². The number of nitrogens with zero attached hydrogens (tertiary/aromatic N) is 12. The minimum Gasteiger partial charge on any atom is -0.478 e. The lowest BCUT2D eigenvalue weighted by Crippen LogP contribution is -2.53. The van der Waals surface area contributed by atoms with Crippen molar-refractivity contribution in [3.05, 3.63) is 221 Å². The second kappa shape index (κ2) is 29.4. The van der Waals surface area contributed by atoms with Crippen LogP contribution >= 0.6 is 45.9 Å². The van der Waals surface area contributed by atoms with E-state index in [4.69, 9.17) is 62.3 Å². The molecule has 4 amide bonds. The maximum atomic E-state index is 14.0. The van der Waals surface area contributed by atoms with Gasteiger partial charge in [0.1, 0.15) is 46.7 Å². The summed E-state index contributed by atoms with van der Waals surface area (Å²) in [6.45, 7) is 4.57. The SMILES string of the molecule is COC(=O)C1=C(CN2CCN3C(=O)N(c4ccc(Oc5ccc(C(=O)O)cc5)nc4)C[C@@H]3C2)NC(c2nccs2)=N[C@H]1c1ccc(F)cc1Cl.COC(=O)C1=C(CN2CCN3C(=O)N(c4ccc(Oc5ccc(C(=O)O)nc5)cc4)C[C@@H]3C2)NC(c2nccs2)=N[C@H]1c1ccc(F)cc1Cl. The summed E-state index contributed by atoms with van der Waals surface area (Å²) in [7, 11) is 2.59. The number of fused-ring (bicyclic) bond motifs is 2. The summed E-state index contributed by atoms with van der Waals surface area (Å²) >= 11 is 15.7. The molecule has 0 bridgehead atoms. The number of rotatable bonds is 18. The topological polar surface area (TPSA) is 300 Å². The van der Waals surface area contributed by atoms with Gasteiger partial charge in [-0.05, 0) is 91.0 Å².